The summed E-state index contributed by atoms with van der Waals surface area (Å²) in [5, 5.41) is 12.5. The first-order valence-corrected chi connectivity index (χ1v) is 8.14. The Labute approximate surface area is 127 Å². The maximum atomic E-state index is 12.0. The van der Waals surface area contributed by atoms with Crippen molar-refractivity contribution in [2.24, 2.45) is 0 Å². The van der Waals surface area contributed by atoms with Crippen LogP contribution < -0.4 is 5.32 Å². The molecule has 0 spiro atoms. The Morgan fingerprint density at radius 1 is 1.14 bits per heavy atom. The number of amides is 1. The minimum atomic E-state index is -3.28. The number of carbonyl (C=O) groups is 1. The van der Waals surface area contributed by atoms with Crippen LogP contribution in [0.3, 0.4) is 0 Å². The standard InChI is InChI=1S/C14H12ClNO4S/c1-21(19,20)11-5-3-10(4-6-11)16-14(18)12-8-9(15)2-7-13(12)17/h2-8,17H,1H3,(H,16,18). The Bertz CT molecular complexity index is 785. The summed E-state index contributed by atoms with van der Waals surface area (Å²) in [4.78, 5) is 12.2. The fourth-order valence-corrected chi connectivity index (χ4v) is 2.48. The molecule has 1 amide bonds. The van der Waals surface area contributed by atoms with Gasteiger partial charge in [-0.15, -0.1) is 0 Å². The molecule has 0 atom stereocenters. The molecule has 110 valence electrons. The SMILES string of the molecule is CS(=O)(=O)c1ccc(NC(=O)c2cc(Cl)ccc2O)cc1. The molecule has 2 N–H and O–H groups in total. The summed E-state index contributed by atoms with van der Waals surface area (Å²) in [6, 6.07) is 9.85. The van der Waals surface area contributed by atoms with E-state index in [0.29, 0.717) is 10.7 Å². The molecule has 0 saturated heterocycles. The van der Waals surface area contributed by atoms with Gasteiger partial charge in [0, 0.05) is 17.0 Å². The molecule has 0 aliphatic rings. The highest BCUT2D eigenvalue weighted by atomic mass is 35.5. The molecule has 5 nitrogen and oxygen atoms in total. The third kappa shape index (κ3) is 3.74. The minimum Gasteiger partial charge on any atom is -0.507 e. The molecule has 0 aromatic heterocycles. The van der Waals surface area contributed by atoms with Gasteiger partial charge in [-0.1, -0.05) is 11.6 Å². The fraction of sp³-hybridized carbons (Fsp3) is 0.0714. The lowest BCUT2D eigenvalue weighted by molar-refractivity contribution is 0.102. The first-order valence-electron chi connectivity index (χ1n) is 5.87. The number of hydrogen-bond acceptors (Lipinski definition) is 4. The molecule has 0 radical (unpaired) electrons. The van der Waals surface area contributed by atoms with Crippen LogP contribution in [0.5, 0.6) is 5.75 Å². The maximum Gasteiger partial charge on any atom is 0.259 e. The molecule has 0 fully saturated rings. The molecule has 0 aliphatic carbocycles. The van der Waals surface area contributed by atoms with E-state index >= 15 is 0 Å². The number of carbonyl (C=O) groups excluding carboxylic acids is 1. The van der Waals surface area contributed by atoms with E-state index in [4.69, 9.17) is 11.6 Å². The van der Waals surface area contributed by atoms with Crippen molar-refractivity contribution < 1.29 is 18.3 Å². The number of phenolic OH excluding ortho intramolecular Hbond substituents is 1. The van der Waals surface area contributed by atoms with Crippen molar-refractivity contribution >= 4 is 33.0 Å². The van der Waals surface area contributed by atoms with Crippen molar-refractivity contribution in [3.05, 3.63) is 53.1 Å². The van der Waals surface area contributed by atoms with Gasteiger partial charge in [0.15, 0.2) is 9.84 Å². The van der Waals surface area contributed by atoms with Crippen LogP contribution in [0.15, 0.2) is 47.4 Å². The van der Waals surface area contributed by atoms with Crippen LogP contribution in [0.2, 0.25) is 5.02 Å². The number of nitrogens with one attached hydrogen (secondary N) is 1. The molecule has 2 rings (SSSR count). The number of aromatic hydroxyl groups is 1. The Morgan fingerprint density at radius 2 is 1.76 bits per heavy atom. The number of anilines is 1. The zero-order chi connectivity index (χ0) is 15.6. The largest absolute Gasteiger partial charge is 0.507 e. The summed E-state index contributed by atoms with van der Waals surface area (Å²) >= 11 is 5.78. The molecule has 7 heteroatoms. The van der Waals surface area contributed by atoms with Gasteiger partial charge in [0.25, 0.3) is 5.91 Å². The van der Waals surface area contributed by atoms with E-state index in [2.05, 4.69) is 5.32 Å². The summed E-state index contributed by atoms with van der Waals surface area (Å²) in [5.41, 5.74) is 0.446. The van der Waals surface area contributed by atoms with E-state index in [0.717, 1.165) is 6.26 Å². The van der Waals surface area contributed by atoms with Gasteiger partial charge < -0.3 is 10.4 Å². The van der Waals surface area contributed by atoms with E-state index < -0.39 is 15.7 Å². The Hall–Kier alpha value is -2.05. The molecule has 2 aromatic carbocycles. The highest BCUT2D eigenvalue weighted by Gasteiger charge is 2.13. The van der Waals surface area contributed by atoms with E-state index in [9.17, 15) is 18.3 Å². The topological polar surface area (TPSA) is 83.5 Å². The van der Waals surface area contributed by atoms with Crippen LogP contribution >= 0.6 is 11.6 Å². The summed E-state index contributed by atoms with van der Waals surface area (Å²) < 4.78 is 22.7. The van der Waals surface area contributed by atoms with Crippen LogP contribution in [0.25, 0.3) is 0 Å². The number of benzene rings is 2. The second kappa shape index (κ2) is 5.75. The molecule has 0 bridgehead atoms. The summed E-state index contributed by atoms with van der Waals surface area (Å²) in [5.74, 6) is -0.730. The van der Waals surface area contributed by atoms with Crippen molar-refractivity contribution in [1.29, 1.82) is 0 Å². The van der Waals surface area contributed by atoms with Crippen molar-refractivity contribution in [1.82, 2.24) is 0 Å². The zero-order valence-electron chi connectivity index (χ0n) is 11.0. The summed E-state index contributed by atoms with van der Waals surface area (Å²) in [7, 11) is -3.28. The average molecular weight is 326 g/mol. The number of halogens is 1. The van der Waals surface area contributed by atoms with Crippen LogP contribution in [0.1, 0.15) is 10.4 Å². The van der Waals surface area contributed by atoms with Gasteiger partial charge in [0.1, 0.15) is 5.75 Å². The van der Waals surface area contributed by atoms with Gasteiger partial charge in [0.05, 0.1) is 10.5 Å². The van der Waals surface area contributed by atoms with E-state index in [-0.39, 0.29) is 16.2 Å². The van der Waals surface area contributed by atoms with E-state index in [1.54, 1.807) is 0 Å². The average Bonchev–Trinajstić information content (AvgIpc) is 2.41. The van der Waals surface area contributed by atoms with Crippen LogP contribution in [-0.4, -0.2) is 25.7 Å². The van der Waals surface area contributed by atoms with Crippen LogP contribution in [0, 0.1) is 0 Å². The van der Waals surface area contributed by atoms with Crippen molar-refractivity contribution in [2.45, 2.75) is 4.90 Å². The van der Waals surface area contributed by atoms with Gasteiger partial charge in [-0.25, -0.2) is 8.42 Å². The quantitative estimate of drug-likeness (QED) is 0.908. The van der Waals surface area contributed by atoms with Crippen LogP contribution in [-0.2, 0) is 9.84 Å². The molecule has 0 heterocycles. The summed E-state index contributed by atoms with van der Waals surface area (Å²) in [6.45, 7) is 0. The predicted octanol–water partition coefficient (Wildman–Crippen LogP) is 2.70. The Kier molecular flexibility index (Phi) is 4.20. The predicted molar refractivity (Wildman–Crippen MR) is 80.6 cm³/mol. The van der Waals surface area contributed by atoms with E-state index in [1.807, 2.05) is 0 Å². The molecule has 0 aliphatic heterocycles. The van der Waals surface area contributed by atoms with Crippen LogP contribution in [0.4, 0.5) is 5.69 Å². The van der Waals surface area contributed by atoms with Gasteiger partial charge in [0.2, 0.25) is 0 Å². The van der Waals surface area contributed by atoms with Crippen molar-refractivity contribution in [2.75, 3.05) is 11.6 Å². The first kappa shape index (κ1) is 15.3. The number of phenols is 1. The maximum absolute atomic E-state index is 12.0. The van der Waals surface area contributed by atoms with Crippen molar-refractivity contribution in [3.63, 3.8) is 0 Å². The molecular weight excluding hydrogens is 314 g/mol. The third-order valence-corrected chi connectivity index (χ3v) is 4.11. The molecular formula is C14H12ClNO4S. The lowest BCUT2D eigenvalue weighted by atomic mass is 10.2. The first-order chi connectivity index (χ1) is 9.77. The van der Waals surface area contributed by atoms with Gasteiger partial charge in [-0.3, -0.25) is 4.79 Å². The van der Waals surface area contributed by atoms with Gasteiger partial charge in [-0.2, -0.15) is 0 Å². The Balaban J connectivity index is 2.22. The highest BCUT2D eigenvalue weighted by molar-refractivity contribution is 7.90. The molecule has 0 saturated carbocycles. The number of hydrogen-bond donors (Lipinski definition) is 2. The van der Waals surface area contributed by atoms with Gasteiger partial charge in [-0.05, 0) is 42.5 Å². The van der Waals surface area contributed by atoms with Crippen molar-refractivity contribution in [3.8, 4) is 5.75 Å². The smallest absolute Gasteiger partial charge is 0.259 e. The number of rotatable bonds is 3. The third-order valence-electron chi connectivity index (χ3n) is 2.74. The monoisotopic (exact) mass is 325 g/mol. The minimum absolute atomic E-state index is 0.0367. The fourth-order valence-electron chi connectivity index (χ4n) is 1.67. The second-order valence-electron chi connectivity index (χ2n) is 4.41. The van der Waals surface area contributed by atoms with E-state index in [1.165, 1.54) is 42.5 Å². The normalized spacial score (nSPS) is 11.1. The Morgan fingerprint density at radius 3 is 2.33 bits per heavy atom. The molecule has 0 unspecified atom stereocenters. The number of sulfone groups is 1. The zero-order valence-corrected chi connectivity index (χ0v) is 12.6. The summed E-state index contributed by atoms with van der Waals surface area (Å²) in [6.07, 6.45) is 1.10. The lowest BCUT2D eigenvalue weighted by Gasteiger charge is -2.08. The lowest BCUT2D eigenvalue weighted by Crippen LogP contribution is -2.12. The molecule has 2 aromatic rings. The highest BCUT2D eigenvalue weighted by Crippen LogP contribution is 2.23. The van der Waals surface area contributed by atoms with Gasteiger partial charge >= 0.3 is 0 Å². The second-order valence-corrected chi connectivity index (χ2v) is 6.86. The molecule has 21 heavy (non-hydrogen) atoms.